The summed E-state index contributed by atoms with van der Waals surface area (Å²) >= 11 is 0. The molecule has 1 aromatic heterocycles. The van der Waals surface area contributed by atoms with Crippen molar-refractivity contribution in [2.24, 2.45) is 5.92 Å². The summed E-state index contributed by atoms with van der Waals surface area (Å²) in [5, 5.41) is 3.57. The number of carbonyl (C=O) groups excluding carboxylic acids is 1. The first kappa shape index (κ1) is 14.5. The Bertz CT molecular complexity index is 549. The van der Waals surface area contributed by atoms with Gasteiger partial charge in [-0.2, -0.15) is 0 Å². The number of nitrogens with one attached hydrogen (secondary N) is 1. The number of aryl methyl sites for hydroxylation is 1. The summed E-state index contributed by atoms with van der Waals surface area (Å²) in [6.07, 6.45) is 4.81. The molecule has 0 aliphatic carbocycles. The van der Waals surface area contributed by atoms with Crippen molar-refractivity contribution in [1.82, 2.24) is 15.0 Å². The van der Waals surface area contributed by atoms with Crippen LogP contribution >= 0.6 is 0 Å². The molecule has 0 radical (unpaired) electrons. The molecule has 116 valence electrons. The molecule has 1 unspecified atom stereocenters. The van der Waals surface area contributed by atoms with Crippen LogP contribution in [0.3, 0.4) is 0 Å². The maximum atomic E-state index is 12.1. The monoisotopic (exact) mass is 293 g/mol. The first-order valence-corrected chi connectivity index (χ1v) is 7.82. The predicted octanol–water partition coefficient (Wildman–Crippen LogP) is 0.854. The maximum Gasteiger partial charge on any atom is 0.290 e. The van der Waals surface area contributed by atoms with E-state index >= 15 is 0 Å². The van der Waals surface area contributed by atoms with Crippen molar-refractivity contribution in [3.63, 3.8) is 0 Å². The molecule has 2 saturated heterocycles. The molecule has 6 heteroatoms. The van der Waals surface area contributed by atoms with E-state index in [0.29, 0.717) is 11.8 Å². The van der Waals surface area contributed by atoms with Crippen molar-refractivity contribution in [2.75, 3.05) is 26.2 Å². The van der Waals surface area contributed by atoms with Gasteiger partial charge in [0.2, 0.25) is 0 Å². The Morgan fingerprint density at radius 3 is 2.71 bits per heavy atom. The molecule has 2 fully saturated rings. The Balaban J connectivity index is 1.52. The van der Waals surface area contributed by atoms with Crippen molar-refractivity contribution in [2.45, 2.75) is 38.6 Å². The van der Waals surface area contributed by atoms with Crippen molar-refractivity contribution >= 4 is 5.91 Å². The van der Waals surface area contributed by atoms with Gasteiger partial charge in [0, 0.05) is 12.1 Å². The smallest absolute Gasteiger partial charge is 0.290 e. The third kappa shape index (κ3) is 3.27. The van der Waals surface area contributed by atoms with Crippen LogP contribution in [0.5, 0.6) is 0 Å². The SMILES string of the molecule is Cc1cc(=O)n(C(=O)CN2CCC(C3CCCN3)CC2)o1. The zero-order valence-corrected chi connectivity index (χ0v) is 12.5. The number of aromatic nitrogens is 1. The lowest BCUT2D eigenvalue weighted by Gasteiger charge is -2.34. The Kier molecular flexibility index (Phi) is 4.26. The summed E-state index contributed by atoms with van der Waals surface area (Å²) < 4.78 is 6.01. The van der Waals surface area contributed by atoms with Crippen molar-refractivity contribution in [3.8, 4) is 0 Å². The van der Waals surface area contributed by atoms with Gasteiger partial charge in [-0.25, -0.2) is 0 Å². The summed E-state index contributed by atoms with van der Waals surface area (Å²) in [7, 11) is 0. The number of rotatable bonds is 3. The van der Waals surface area contributed by atoms with Crippen LogP contribution in [0.2, 0.25) is 0 Å². The van der Waals surface area contributed by atoms with E-state index in [-0.39, 0.29) is 18.0 Å². The van der Waals surface area contributed by atoms with Crippen LogP contribution in [0, 0.1) is 12.8 Å². The van der Waals surface area contributed by atoms with Gasteiger partial charge in [0.25, 0.3) is 11.5 Å². The molecule has 3 rings (SSSR count). The third-order valence-electron chi connectivity index (χ3n) is 4.65. The van der Waals surface area contributed by atoms with Crippen LogP contribution in [0.25, 0.3) is 0 Å². The minimum atomic E-state index is -0.373. The molecule has 0 aromatic carbocycles. The molecule has 0 bridgehead atoms. The molecule has 3 heterocycles. The number of hydrogen-bond donors (Lipinski definition) is 1. The lowest BCUT2D eigenvalue weighted by molar-refractivity contribution is 0.0675. The molecule has 1 atom stereocenters. The quantitative estimate of drug-likeness (QED) is 0.895. The van der Waals surface area contributed by atoms with E-state index in [0.717, 1.165) is 43.1 Å². The fourth-order valence-electron chi connectivity index (χ4n) is 3.50. The largest absolute Gasteiger partial charge is 0.373 e. The minimum Gasteiger partial charge on any atom is -0.373 e. The summed E-state index contributed by atoms with van der Waals surface area (Å²) in [5.41, 5.74) is -0.373. The summed E-state index contributed by atoms with van der Waals surface area (Å²) in [5.74, 6) is 0.928. The van der Waals surface area contributed by atoms with Gasteiger partial charge < -0.3 is 9.84 Å². The average Bonchev–Trinajstić information content (AvgIpc) is 3.09. The molecule has 21 heavy (non-hydrogen) atoms. The molecule has 0 saturated carbocycles. The van der Waals surface area contributed by atoms with Crippen LogP contribution in [-0.2, 0) is 0 Å². The molecule has 0 spiro atoms. The van der Waals surface area contributed by atoms with Gasteiger partial charge in [-0.3, -0.25) is 14.5 Å². The van der Waals surface area contributed by atoms with Crippen LogP contribution in [0.15, 0.2) is 15.4 Å². The summed E-state index contributed by atoms with van der Waals surface area (Å²) in [6.45, 7) is 4.92. The summed E-state index contributed by atoms with van der Waals surface area (Å²) in [6, 6.07) is 2.01. The van der Waals surface area contributed by atoms with Crippen LogP contribution in [-0.4, -0.2) is 47.8 Å². The molecular formula is C15H23N3O3. The average molecular weight is 293 g/mol. The van der Waals surface area contributed by atoms with Crippen LogP contribution < -0.4 is 10.9 Å². The second kappa shape index (κ2) is 6.15. The number of likely N-dealkylation sites (tertiary alicyclic amines) is 1. The van der Waals surface area contributed by atoms with E-state index in [9.17, 15) is 9.59 Å². The lowest BCUT2D eigenvalue weighted by Crippen LogP contribution is -2.44. The Hall–Kier alpha value is -1.40. The van der Waals surface area contributed by atoms with Crippen molar-refractivity contribution in [1.29, 1.82) is 0 Å². The molecule has 2 aliphatic heterocycles. The Morgan fingerprint density at radius 1 is 1.38 bits per heavy atom. The second-order valence-electron chi connectivity index (χ2n) is 6.19. The third-order valence-corrected chi connectivity index (χ3v) is 4.65. The normalized spacial score (nSPS) is 24.5. The van der Waals surface area contributed by atoms with Gasteiger partial charge in [0.1, 0.15) is 5.76 Å². The fraction of sp³-hybridized carbons (Fsp3) is 0.733. The second-order valence-corrected chi connectivity index (χ2v) is 6.19. The maximum absolute atomic E-state index is 12.1. The van der Waals surface area contributed by atoms with Crippen LogP contribution in [0.1, 0.15) is 36.2 Å². The van der Waals surface area contributed by atoms with Gasteiger partial charge in [-0.1, -0.05) is 0 Å². The first-order valence-electron chi connectivity index (χ1n) is 7.82. The number of hydrogen-bond acceptors (Lipinski definition) is 5. The Morgan fingerprint density at radius 2 is 2.14 bits per heavy atom. The zero-order chi connectivity index (χ0) is 14.8. The highest BCUT2D eigenvalue weighted by Crippen LogP contribution is 2.25. The van der Waals surface area contributed by atoms with Gasteiger partial charge in [-0.15, -0.1) is 4.74 Å². The highest BCUT2D eigenvalue weighted by atomic mass is 16.5. The van der Waals surface area contributed by atoms with Gasteiger partial charge in [-0.05, 0) is 58.2 Å². The van der Waals surface area contributed by atoms with Crippen LogP contribution in [0.4, 0.5) is 0 Å². The number of carbonyl (C=O) groups is 1. The van der Waals surface area contributed by atoms with Gasteiger partial charge >= 0.3 is 0 Å². The number of nitrogens with zero attached hydrogens (tertiary/aromatic N) is 2. The van der Waals surface area contributed by atoms with E-state index in [4.69, 9.17) is 4.52 Å². The summed E-state index contributed by atoms with van der Waals surface area (Å²) in [4.78, 5) is 25.8. The zero-order valence-electron chi connectivity index (χ0n) is 12.5. The molecule has 0 amide bonds. The number of piperidine rings is 1. The molecule has 1 N–H and O–H groups in total. The molecule has 6 nitrogen and oxygen atoms in total. The fourth-order valence-corrected chi connectivity index (χ4v) is 3.50. The van der Waals surface area contributed by atoms with Crippen molar-refractivity contribution < 1.29 is 9.32 Å². The predicted molar refractivity (Wildman–Crippen MR) is 78.5 cm³/mol. The van der Waals surface area contributed by atoms with E-state index < -0.39 is 0 Å². The lowest BCUT2D eigenvalue weighted by atomic mass is 9.88. The molecular weight excluding hydrogens is 270 g/mol. The first-order chi connectivity index (χ1) is 10.1. The van der Waals surface area contributed by atoms with E-state index in [1.54, 1.807) is 6.92 Å². The van der Waals surface area contributed by atoms with Gasteiger partial charge in [0.15, 0.2) is 0 Å². The standard InChI is InChI=1S/C15H23N3O3/c1-11-9-14(19)18(21-11)15(20)10-17-7-4-12(5-8-17)13-3-2-6-16-13/h9,12-13,16H,2-8,10H2,1H3. The molecule has 2 aliphatic rings. The molecule has 1 aromatic rings. The van der Waals surface area contributed by atoms with Crippen molar-refractivity contribution in [3.05, 3.63) is 22.2 Å². The van der Waals surface area contributed by atoms with E-state index in [1.165, 1.54) is 18.9 Å². The minimum absolute atomic E-state index is 0.262. The van der Waals surface area contributed by atoms with E-state index in [2.05, 4.69) is 10.2 Å². The highest BCUT2D eigenvalue weighted by Gasteiger charge is 2.29. The Labute approximate surface area is 124 Å². The topological polar surface area (TPSA) is 67.5 Å². The van der Waals surface area contributed by atoms with E-state index in [1.807, 2.05) is 0 Å². The highest BCUT2D eigenvalue weighted by molar-refractivity contribution is 5.79. The van der Waals surface area contributed by atoms with Gasteiger partial charge in [0.05, 0.1) is 6.54 Å².